The molecule has 1 aromatic heterocycles. The van der Waals surface area contributed by atoms with Gasteiger partial charge in [0, 0.05) is 70.1 Å². The van der Waals surface area contributed by atoms with Crippen molar-refractivity contribution in [2.24, 2.45) is 7.05 Å². The van der Waals surface area contributed by atoms with Crippen molar-refractivity contribution in [3.05, 3.63) is 42.5 Å². The smallest absolute Gasteiger partial charge is 0.173 e. The normalized spacial score (nSPS) is 15.3. The summed E-state index contributed by atoms with van der Waals surface area (Å²) in [5.41, 5.74) is 2.30. The van der Waals surface area contributed by atoms with Crippen molar-refractivity contribution in [3.8, 4) is 0 Å². The van der Waals surface area contributed by atoms with Gasteiger partial charge in [-0.15, -0.1) is 0 Å². The Balaban J connectivity index is 1.52. The van der Waals surface area contributed by atoms with Gasteiger partial charge in [-0.1, -0.05) is 0 Å². The Kier molecular flexibility index (Phi) is 7.28. The average Bonchev–Trinajstić information content (AvgIpc) is 2.96. The van der Waals surface area contributed by atoms with Crippen LogP contribution in [0.25, 0.3) is 0 Å². The van der Waals surface area contributed by atoms with Gasteiger partial charge in [0.15, 0.2) is 5.11 Å². The van der Waals surface area contributed by atoms with E-state index in [9.17, 15) is 0 Å². The first kappa shape index (κ1) is 20.6. The quantitative estimate of drug-likeness (QED) is 0.751. The van der Waals surface area contributed by atoms with Crippen LogP contribution in [0.3, 0.4) is 0 Å². The molecule has 1 N–H and O–H groups in total. The summed E-state index contributed by atoms with van der Waals surface area (Å²) >= 11 is 5.69. The SMILES string of the molecule is CCN(CC)c1ccc(NC(=S)N2CCCN(Cc3nccn3C)CC2)cc1. The van der Waals surface area contributed by atoms with Crippen molar-refractivity contribution in [2.75, 3.05) is 49.5 Å². The minimum absolute atomic E-state index is 0.814. The Hall–Kier alpha value is -2.12. The Morgan fingerprint density at radius 2 is 1.86 bits per heavy atom. The fraction of sp³-hybridized carbons (Fsp3) is 0.524. The minimum Gasteiger partial charge on any atom is -0.372 e. The first-order valence-electron chi connectivity index (χ1n) is 10.2. The standard InChI is InChI=1S/C21H32N6S/c1-4-26(5-2)19-9-7-18(8-10-19)23-21(28)27-13-6-12-25(15-16-27)17-20-22-11-14-24(20)3/h7-11,14H,4-6,12-13,15-17H2,1-3H3,(H,23,28). The molecule has 1 aliphatic rings. The summed E-state index contributed by atoms with van der Waals surface area (Å²) in [7, 11) is 2.05. The maximum absolute atomic E-state index is 5.69. The van der Waals surface area contributed by atoms with Crippen LogP contribution >= 0.6 is 12.2 Å². The van der Waals surface area contributed by atoms with Gasteiger partial charge < -0.3 is 19.7 Å². The topological polar surface area (TPSA) is 39.6 Å². The van der Waals surface area contributed by atoms with Gasteiger partial charge in [-0.2, -0.15) is 0 Å². The van der Waals surface area contributed by atoms with Gasteiger partial charge in [-0.3, -0.25) is 4.90 Å². The van der Waals surface area contributed by atoms with Crippen LogP contribution in [0.1, 0.15) is 26.1 Å². The number of hydrogen-bond acceptors (Lipinski definition) is 4. The van der Waals surface area contributed by atoms with Crippen LogP contribution in [0.5, 0.6) is 0 Å². The third-order valence-corrected chi connectivity index (χ3v) is 5.77. The van der Waals surface area contributed by atoms with Crippen LogP contribution in [-0.4, -0.2) is 63.7 Å². The second-order valence-electron chi connectivity index (χ2n) is 7.22. The van der Waals surface area contributed by atoms with E-state index in [1.807, 2.05) is 12.4 Å². The van der Waals surface area contributed by atoms with Gasteiger partial charge in [0.25, 0.3) is 0 Å². The minimum atomic E-state index is 0.814. The molecule has 3 rings (SSSR count). The third kappa shape index (κ3) is 5.23. The summed E-state index contributed by atoms with van der Waals surface area (Å²) in [4.78, 5) is 11.5. The number of nitrogens with zero attached hydrogens (tertiary/aromatic N) is 5. The van der Waals surface area contributed by atoms with Crippen LogP contribution in [0.15, 0.2) is 36.7 Å². The number of imidazole rings is 1. The molecule has 0 unspecified atom stereocenters. The zero-order chi connectivity index (χ0) is 19.9. The number of benzene rings is 1. The van der Waals surface area contributed by atoms with Crippen LogP contribution < -0.4 is 10.2 Å². The van der Waals surface area contributed by atoms with Crippen molar-refractivity contribution in [3.63, 3.8) is 0 Å². The van der Waals surface area contributed by atoms with Crippen LogP contribution in [0.4, 0.5) is 11.4 Å². The molecule has 1 aliphatic heterocycles. The second kappa shape index (κ2) is 9.89. The van der Waals surface area contributed by atoms with Gasteiger partial charge in [0.1, 0.15) is 5.82 Å². The van der Waals surface area contributed by atoms with E-state index in [-0.39, 0.29) is 0 Å². The van der Waals surface area contributed by atoms with Crippen LogP contribution in [-0.2, 0) is 13.6 Å². The van der Waals surface area contributed by atoms with Gasteiger partial charge in [0.2, 0.25) is 0 Å². The average molecular weight is 401 g/mol. The van der Waals surface area contributed by atoms with Crippen molar-refractivity contribution >= 4 is 28.7 Å². The molecule has 0 amide bonds. The molecule has 0 bridgehead atoms. The lowest BCUT2D eigenvalue weighted by molar-refractivity contribution is 0.269. The third-order valence-electron chi connectivity index (χ3n) is 5.41. The molecule has 2 aromatic rings. The molecule has 0 saturated carbocycles. The predicted octanol–water partition coefficient (Wildman–Crippen LogP) is 3.17. The lowest BCUT2D eigenvalue weighted by Crippen LogP contribution is -2.37. The summed E-state index contributed by atoms with van der Waals surface area (Å²) in [5.74, 6) is 1.11. The molecule has 28 heavy (non-hydrogen) atoms. The zero-order valence-electron chi connectivity index (χ0n) is 17.3. The lowest BCUT2D eigenvalue weighted by atomic mass is 10.2. The Morgan fingerprint density at radius 3 is 2.50 bits per heavy atom. The van der Waals surface area contributed by atoms with E-state index in [0.29, 0.717) is 0 Å². The zero-order valence-corrected chi connectivity index (χ0v) is 18.1. The van der Waals surface area contributed by atoms with Gasteiger partial charge in [-0.05, 0) is 56.8 Å². The maximum atomic E-state index is 5.69. The molecular formula is C21H32N6S. The molecule has 152 valence electrons. The van der Waals surface area contributed by atoms with E-state index >= 15 is 0 Å². The highest BCUT2D eigenvalue weighted by atomic mass is 32.1. The molecule has 0 radical (unpaired) electrons. The predicted molar refractivity (Wildman–Crippen MR) is 121 cm³/mol. The molecule has 1 aromatic carbocycles. The number of rotatable bonds is 6. The number of nitrogens with one attached hydrogen (secondary N) is 1. The Labute approximate surface area is 174 Å². The number of thiocarbonyl (C=S) groups is 1. The summed E-state index contributed by atoms with van der Waals surface area (Å²) < 4.78 is 2.09. The molecule has 1 saturated heterocycles. The van der Waals surface area contributed by atoms with E-state index in [4.69, 9.17) is 12.2 Å². The summed E-state index contributed by atoms with van der Waals surface area (Å²) in [6.45, 7) is 11.3. The van der Waals surface area contributed by atoms with Crippen molar-refractivity contribution in [1.29, 1.82) is 0 Å². The molecule has 2 heterocycles. The molecule has 0 spiro atoms. The highest BCUT2D eigenvalue weighted by Gasteiger charge is 2.18. The molecule has 7 heteroatoms. The fourth-order valence-corrected chi connectivity index (χ4v) is 3.93. The molecule has 6 nitrogen and oxygen atoms in total. The Morgan fingerprint density at radius 1 is 1.11 bits per heavy atom. The lowest BCUT2D eigenvalue weighted by Gasteiger charge is -2.25. The molecular weight excluding hydrogens is 368 g/mol. The van der Waals surface area contributed by atoms with E-state index in [2.05, 4.69) is 74.7 Å². The van der Waals surface area contributed by atoms with Gasteiger partial charge >= 0.3 is 0 Å². The number of aryl methyl sites for hydroxylation is 1. The first-order valence-corrected chi connectivity index (χ1v) is 10.6. The number of anilines is 2. The van der Waals surface area contributed by atoms with E-state index in [1.54, 1.807) is 0 Å². The van der Waals surface area contributed by atoms with Gasteiger partial charge in [-0.25, -0.2) is 4.98 Å². The van der Waals surface area contributed by atoms with Crippen LogP contribution in [0, 0.1) is 0 Å². The summed E-state index contributed by atoms with van der Waals surface area (Å²) in [5, 5.41) is 4.23. The largest absolute Gasteiger partial charge is 0.372 e. The number of hydrogen-bond donors (Lipinski definition) is 1. The van der Waals surface area contributed by atoms with Crippen molar-refractivity contribution in [2.45, 2.75) is 26.8 Å². The molecule has 1 fully saturated rings. The molecule has 0 aliphatic carbocycles. The molecule has 0 atom stereocenters. The van der Waals surface area contributed by atoms with E-state index < -0.39 is 0 Å². The number of aromatic nitrogens is 2. The first-order chi connectivity index (χ1) is 13.6. The van der Waals surface area contributed by atoms with Gasteiger partial charge in [0.05, 0.1) is 6.54 Å². The highest BCUT2D eigenvalue weighted by molar-refractivity contribution is 7.80. The van der Waals surface area contributed by atoms with Crippen molar-refractivity contribution < 1.29 is 0 Å². The Bertz CT molecular complexity index is 753. The second-order valence-corrected chi connectivity index (χ2v) is 7.61. The van der Waals surface area contributed by atoms with E-state index in [0.717, 1.165) is 68.9 Å². The van der Waals surface area contributed by atoms with E-state index in [1.165, 1.54) is 5.69 Å². The van der Waals surface area contributed by atoms with Crippen molar-refractivity contribution in [1.82, 2.24) is 19.4 Å². The summed E-state index contributed by atoms with van der Waals surface area (Å²) in [6.07, 6.45) is 4.97. The highest BCUT2D eigenvalue weighted by Crippen LogP contribution is 2.18. The monoisotopic (exact) mass is 400 g/mol. The maximum Gasteiger partial charge on any atom is 0.173 e. The fourth-order valence-electron chi connectivity index (χ4n) is 3.63. The van der Waals surface area contributed by atoms with Crippen LogP contribution in [0.2, 0.25) is 0 Å². The summed E-state index contributed by atoms with van der Waals surface area (Å²) in [6, 6.07) is 8.56.